The second-order valence-electron chi connectivity index (χ2n) is 4.18. The number of halogens is 9. The van der Waals surface area contributed by atoms with E-state index in [9.17, 15) is 35.1 Å². The molecule has 0 radical (unpaired) electrons. The van der Waals surface area contributed by atoms with Gasteiger partial charge >= 0.3 is 24.2 Å². The Labute approximate surface area is 123 Å². The lowest BCUT2D eigenvalue weighted by atomic mass is 10.1. The molecule has 0 saturated heterocycles. The fourth-order valence-electron chi connectivity index (χ4n) is 1.27. The Balaban J connectivity index is 2.95. The topological polar surface area (TPSA) is 35.2 Å². The number of benzene rings is 1. The van der Waals surface area contributed by atoms with Crippen LogP contribution < -0.4 is 10.5 Å². The van der Waals surface area contributed by atoms with Gasteiger partial charge in [0.2, 0.25) is 0 Å². The van der Waals surface area contributed by atoms with Crippen molar-refractivity contribution in [2.75, 3.05) is 12.3 Å². The van der Waals surface area contributed by atoms with Crippen LogP contribution in [0.25, 0.3) is 0 Å². The zero-order chi connectivity index (χ0) is 17.3. The SMILES string of the molecule is Nc1ccc(OCC(F)(F)C(F)(F)C(F)(F)C(F)F)c(Cl)c1. The maximum absolute atomic E-state index is 13.2. The van der Waals surface area contributed by atoms with Gasteiger partial charge in [0.25, 0.3) is 0 Å². The quantitative estimate of drug-likeness (QED) is 0.602. The number of ether oxygens (including phenoxy) is 1. The summed E-state index contributed by atoms with van der Waals surface area (Å²) in [5.41, 5.74) is 5.37. The second-order valence-corrected chi connectivity index (χ2v) is 4.59. The molecule has 2 N–H and O–H groups in total. The summed E-state index contributed by atoms with van der Waals surface area (Å²) in [5, 5.41) is -0.347. The number of hydrogen-bond acceptors (Lipinski definition) is 2. The van der Waals surface area contributed by atoms with Crippen LogP contribution in [0.15, 0.2) is 18.2 Å². The van der Waals surface area contributed by atoms with Gasteiger partial charge in [-0.25, -0.2) is 8.78 Å². The molecular weight excluding hydrogens is 350 g/mol. The van der Waals surface area contributed by atoms with E-state index >= 15 is 0 Å². The van der Waals surface area contributed by atoms with Crippen LogP contribution in [0.3, 0.4) is 0 Å². The monoisotopic (exact) mass is 357 g/mol. The molecular formula is C11H8ClF8NO. The number of hydrogen-bond donors (Lipinski definition) is 1. The number of anilines is 1. The largest absolute Gasteiger partial charge is 0.485 e. The molecule has 0 unspecified atom stereocenters. The molecule has 0 aliphatic carbocycles. The Morgan fingerprint density at radius 3 is 2.09 bits per heavy atom. The molecule has 22 heavy (non-hydrogen) atoms. The molecule has 2 nitrogen and oxygen atoms in total. The minimum Gasteiger partial charge on any atom is -0.485 e. The van der Waals surface area contributed by atoms with Crippen molar-refractivity contribution in [3.8, 4) is 5.75 Å². The van der Waals surface area contributed by atoms with Crippen LogP contribution in [0.4, 0.5) is 40.8 Å². The van der Waals surface area contributed by atoms with E-state index < -0.39 is 36.5 Å². The van der Waals surface area contributed by atoms with Crippen molar-refractivity contribution in [2.24, 2.45) is 0 Å². The van der Waals surface area contributed by atoms with E-state index in [-0.39, 0.29) is 10.7 Å². The maximum Gasteiger partial charge on any atom is 0.381 e. The molecule has 0 aliphatic heterocycles. The van der Waals surface area contributed by atoms with Gasteiger partial charge < -0.3 is 10.5 Å². The molecule has 1 aromatic carbocycles. The minimum absolute atomic E-state index is 0.0960. The smallest absolute Gasteiger partial charge is 0.381 e. The molecule has 0 bridgehead atoms. The molecule has 0 spiro atoms. The Kier molecular flexibility index (Phi) is 5.05. The molecule has 11 heteroatoms. The van der Waals surface area contributed by atoms with Crippen LogP contribution in [0.5, 0.6) is 5.75 Å². The Hall–Kier alpha value is -1.45. The van der Waals surface area contributed by atoms with Crippen molar-refractivity contribution >= 4 is 17.3 Å². The first-order valence-electron chi connectivity index (χ1n) is 5.42. The lowest BCUT2D eigenvalue weighted by Gasteiger charge is -2.32. The molecule has 0 aliphatic rings. The van der Waals surface area contributed by atoms with Crippen LogP contribution in [-0.4, -0.2) is 30.8 Å². The van der Waals surface area contributed by atoms with Gasteiger partial charge in [0, 0.05) is 5.69 Å². The highest BCUT2D eigenvalue weighted by Gasteiger charge is 2.75. The lowest BCUT2D eigenvalue weighted by Crippen LogP contribution is -2.59. The molecule has 0 fully saturated rings. The van der Waals surface area contributed by atoms with E-state index in [1.165, 1.54) is 0 Å². The number of rotatable bonds is 6. The predicted octanol–water partition coefficient (Wildman–Crippen LogP) is 4.47. The lowest BCUT2D eigenvalue weighted by molar-refractivity contribution is -0.342. The van der Waals surface area contributed by atoms with Gasteiger partial charge in [-0.3, -0.25) is 0 Å². The number of nitrogen functional groups attached to an aromatic ring is 1. The van der Waals surface area contributed by atoms with E-state index in [0.29, 0.717) is 0 Å². The summed E-state index contributed by atoms with van der Waals surface area (Å²) in [6.45, 7) is -2.29. The molecule has 0 atom stereocenters. The normalized spacial score (nSPS) is 13.5. The summed E-state index contributed by atoms with van der Waals surface area (Å²) in [6, 6.07) is 3.07. The van der Waals surface area contributed by atoms with Gasteiger partial charge in [-0.05, 0) is 18.2 Å². The standard InChI is InChI=1S/C11H8ClF8NO/c12-6-3-5(21)1-2-7(6)22-4-9(15,16)11(19,20)10(17,18)8(13)14/h1-3,8H,4,21H2. The van der Waals surface area contributed by atoms with Gasteiger partial charge in [-0.15, -0.1) is 0 Å². The maximum atomic E-state index is 13.2. The fourth-order valence-corrected chi connectivity index (χ4v) is 1.52. The van der Waals surface area contributed by atoms with Crippen molar-refractivity contribution < 1.29 is 39.9 Å². The summed E-state index contributed by atoms with van der Waals surface area (Å²) in [6.07, 6.45) is -4.98. The highest BCUT2D eigenvalue weighted by Crippen LogP contribution is 2.48. The van der Waals surface area contributed by atoms with Crippen molar-refractivity contribution in [1.29, 1.82) is 0 Å². The van der Waals surface area contributed by atoms with Gasteiger partial charge in [-0.2, -0.15) is 26.3 Å². The van der Waals surface area contributed by atoms with E-state index in [1.807, 2.05) is 0 Å². The second kappa shape index (κ2) is 5.98. The molecule has 0 aromatic heterocycles. The zero-order valence-electron chi connectivity index (χ0n) is 10.4. The average molecular weight is 358 g/mol. The summed E-state index contributed by atoms with van der Waals surface area (Å²) < 4.78 is 106. The molecule has 1 aromatic rings. The van der Waals surface area contributed by atoms with Gasteiger partial charge in [0.1, 0.15) is 5.75 Å². The van der Waals surface area contributed by atoms with Crippen LogP contribution in [0.2, 0.25) is 5.02 Å². The zero-order valence-corrected chi connectivity index (χ0v) is 11.2. The number of alkyl halides is 8. The summed E-state index contributed by atoms with van der Waals surface area (Å²) in [4.78, 5) is 0. The van der Waals surface area contributed by atoms with Crippen LogP contribution >= 0.6 is 11.6 Å². The van der Waals surface area contributed by atoms with Crippen LogP contribution in [0, 0.1) is 0 Å². The molecule has 0 saturated carbocycles. The first-order valence-corrected chi connectivity index (χ1v) is 5.80. The van der Waals surface area contributed by atoms with Crippen LogP contribution in [-0.2, 0) is 0 Å². The first kappa shape index (κ1) is 18.6. The molecule has 126 valence electrons. The predicted molar refractivity (Wildman–Crippen MR) is 62.2 cm³/mol. The summed E-state index contributed by atoms with van der Waals surface area (Å²) in [7, 11) is 0. The molecule has 0 heterocycles. The average Bonchev–Trinajstić information content (AvgIpc) is 2.36. The van der Waals surface area contributed by atoms with Crippen LogP contribution in [0.1, 0.15) is 0 Å². The summed E-state index contributed by atoms with van der Waals surface area (Å²) in [5.74, 6) is -18.7. The minimum atomic E-state index is -6.32. The first-order chi connectivity index (χ1) is 9.83. The Morgan fingerprint density at radius 2 is 1.64 bits per heavy atom. The van der Waals surface area contributed by atoms with Crippen molar-refractivity contribution in [3.05, 3.63) is 23.2 Å². The fraction of sp³-hybridized carbons (Fsp3) is 0.455. The third kappa shape index (κ3) is 3.31. The van der Waals surface area contributed by atoms with Gasteiger partial charge in [-0.1, -0.05) is 11.6 Å². The van der Waals surface area contributed by atoms with Crippen molar-refractivity contribution in [2.45, 2.75) is 24.2 Å². The number of nitrogens with two attached hydrogens (primary N) is 1. The third-order valence-corrected chi connectivity index (χ3v) is 2.81. The van der Waals surface area contributed by atoms with Gasteiger partial charge in [0.15, 0.2) is 6.61 Å². The molecule has 1 rings (SSSR count). The summed E-state index contributed by atoms with van der Waals surface area (Å²) >= 11 is 5.51. The van der Waals surface area contributed by atoms with E-state index in [2.05, 4.69) is 4.74 Å². The molecule has 0 amide bonds. The third-order valence-electron chi connectivity index (χ3n) is 2.52. The van der Waals surface area contributed by atoms with E-state index in [0.717, 1.165) is 18.2 Å². The Morgan fingerprint density at radius 1 is 1.09 bits per heavy atom. The van der Waals surface area contributed by atoms with Crippen molar-refractivity contribution in [1.82, 2.24) is 0 Å². The highest BCUT2D eigenvalue weighted by molar-refractivity contribution is 6.32. The van der Waals surface area contributed by atoms with Gasteiger partial charge in [0.05, 0.1) is 5.02 Å². The Bertz CT molecular complexity index is 537. The van der Waals surface area contributed by atoms with Crippen molar-refractivity contribution in [3.63, 3.8) is 0 Å². The van der Waals surface area contributed by atoms with E-state index in [4.69, 9.17) is 17.3 Å². The highest BCUT2D eigenvalue weighted by atomic mass is 35.5. The van der Waals surface area contributed by atoms with E-state index in [1.54, 1.807) is 0 Å².